The van der Waals surface area contributed by atoms with Gasteiger partial charge in [-0.1, -0.05) is 25.0 Å². The lowest BCUT2D eigenvalue weighted by Gasteiger charge is -2.30. The van der Waals surface area contributed by atoms with Gasteiger partial charge in [0.2, 0.25) is 5.91 Å². The Kier molecular flexibility index (Phi) is 9.34. The lowest BCUT2D eigenvalue weighted by atomic mass is 9.78. The predicted molar refractivity (Wildman–Crippen MR) is 108 cm³/mol. The second kappa shape index (κ2) is 11.7. The van der Waals surface area contributed by atoms with Crippen molar-refractivity contribution in [3.8, 4) is 5.75 Å². The average Bonchev–Trinajstić information content (AvgIpc) is 2.76. The van der Waals surface area contributed by atoms with Gasteiger partial charge in [-0.15, -0.1) is 0 Å². The molecule has 0 saturated heterocycles. The molecular formula is C22H28F3NO6. The van der Waals surface area contributed by atoms with Gasteiger partial charge in [-0.05, 0) is 37.5 Å². The number of rotatable bonds is 9. The van der Waals surface area contributed by atoms with E-state index in [1.54, 1.807) is 31.2 Å². The number of nitrogens with one attached hydrogen (secondary N) is 1. The topological polar surface area (TPSA) is 90.9 Å². The van der Waals surface area contributed by atoms with Crippen molar-refractivity contribution in [1.82, 2.24) is 5.32 Å². The van der Waals surface area contributed by atoms with E-state index in [1.165, 1.54) is 7.11 Å². The van der Waals surface area contributed by atoms with E-state index in [4.69, 9.17) is 9.47 Å². The third kappa shape index (κ3) is 7.72. The van der Waals surface area contributed by atoms with E-state index in [-0.39, 0.29) is 19.4 Å². The monoisotopic (exact) mass is 459 g/mol. The fourth-order valence-corrected chi connectivity index (χ4v) is 3.74. The van der Waals surface area contributed by atoms with Crippen molar-refractivity contribution in [3.63, 3.8) is 0 Å². The van der Waals surface area contributed by atoms with Crippen LogP contribution in [0.25, 0.3) is 0 Å². The van der Waals surface area contributed by atoms with Crippen LogP contribution in [0.3, 0.4) is 0 Å². The minimum absolute atomic E-state index is 0.137. The van der Waals surface area contributed by atoms with E-state index in [2.05, 4.69) is 10.1 Å². The Morgan fingerprint density at radius 2 is 1.69 bits per heavy atom. The van der Waals surface area contributed by atoms with Crippen LogP contribution in [-0.4, -0.2) is 44.3 Å². The Morgan fingerprint density at radius 1 is 1.06 bits per heavy atom. The number of hydrogen-bond acceptors (Lipinski definition) is 6. The molecule has 1 aliphatic rings. The second-order valence-electron chi connectivity index (χ2n) is 7.56. The van der Waals surface area contributed by atoms with E-state index in [0.717, 1.165) is 0 Å². The van der Waals surface area contributed by atoms with Crippen molar-refractivity contribution in [2.24, 2.45) is 11.8 Å². The van der Waals surface area contributed by atoms with Crippen LogP contribution in [0, 0.1) is 11.8 Å². The quantitative estimate of drug-likeness (QED) is 0.566. The first-order valence-corrected chi connectivity index (χ1v) is 10.5. The van der Waals surface area contributed by atoms with Crippen molar-refractivity contribution < 1.29 is 41.8 Å². The van der Waals surface area contributed by atoms with Crippen LogP contribution in [0.5, 0.6) is 5.75 Å². The minimum Gasteiger partial charge on any atom is -0.497 e. The number of hydrogen-bond donors (Lipinski definition) is 1. The maximum atomic E-state index is 13.0. The van der Waals surface area contributed by atoms with Crippen LogP contribution in [0.15, 0.2) is 24.3 Å². The van der Waals surface area contributed by atoms with E-state index in [1.807, 2.05) is 0 Å². The zero-order valence-corrected chi connectivity index (χ0v) is 18.1. The van der Waals surface area contributed by atoms with Crippen LogP contribution in [0.4, 0.5) is 13.2 Å². The number of benzene rings is 1. The third-order valence-electron chi connectivity index (χ3n) is 5.29. The van der Waals surface area contributed by atoms with E-state index in [9.17, 15) is 27.6 Å². The standard InChI is InChI=1S/C22H28F3NO6/c1-3-31-19(27)12-18(14-8-10-15(30-2)11-9-14)26-20(28)16-6-4-5-7-17(16)21(29)32-13-22(23,24)25/h8-11,16-18H,3-7,12-13H2,1-2H3,(H,26,28)/t16-,17+,18+/m1/s1. The fourth-order valence-electron chi connectivity index (χ4n) is 3.74. The molecule has 7 nitrogen and oxygen atoms in total. The average molecular weight is 459 g/mol. The number of amides is 1. The van der Waals surface area contributed by atoms with E-state index in [0.29, 0.717) is 30.6 Å². The molecule has 3 atom stereocenters. The summed E-state index contributed by atoms with van der Waals surface area (Å²) in [5.41, 5.74) is 0.624. The van der Waals surface area contributed by atoms with Crippen LogP contribution >= 0.6 is 0 Å². The molecule has 0 heterocycles. The van der Waals surface area contributed by atoms with E-state index < -0.39 is 48.5 Å². The molecule has 32 heavy (non-hydrogen) atoms. The molecule has 1 aliphatic carbocycles. The van der Waals surface area contributed by atoms with Gasteiger partial charge in [0.1, 0.15) is 5.75 Å². The first kappa shape index (κ1) is 25.5. The summed E-state index contributed by atoms with van der Waals surface area (Å²) >= 11 is 0. The SMILES string of the molecule is CCOC(=O)C[C@H](NC(=O)[C@@H]1CCCC[C@@H]1C(=O)OCC(F)(F)F)c1ccc(OC)cc1. The lowest BCUT2D eigenvalue weighted by molar-refractivity contribution is -0.191. The van der Waals surface area contributed by atoms with Crippen LogP contribution in [-0.2, 0) is 23.9 Å². The molecule has 1 N–H and O–H groups in total. The normalized spacial score (nSPS) is 19.5. The Balaban J connectivity index is 2.15. The van der Waals surface area contributed by atoms with Gasteiger partial charge < -0.3 is 19.5 Å². The highest BCUT2D eigenvalue weighted by Gasteiger charge is 2.39. The molecule has 1 aromatic rings. The molecule has 0 unspecified atom stereocenters. The highest BCUT2D eigenvalue weighted by Crippen LogP contribution is 2.33. The molecule has 1 saturated carbocycles. The molecule has 1 aromatic carbocycles. The number of alkyl halides is 3. The number of carbonyl (C=O) groups is 3. The first-order valence-electron chi connectivity index (χ1n) is 10.5. The van der Waals surface area contributed by atoms with Crippen molar-refractivity contribution in [3.05, 3.63) is 29.8 Å². The van der Waals surface area contributed by atoms with E-state index >= 15 is 0 Å². The van der Waals surface area contributed by atoms with Gasteiger partial charge in [0.15, 0.2) is 6.61 Å². The van der Waals surface area contributed by atoms with Crippen molar-refractivity contribution in [2.75, 3.05) is 20.3 Å². The summed E-state index contributed by atoms with van der Waals surface area (Å²) in [5.74, 6) is -3.27. The van der Waals surface area contributed by atoms with Crippen molar-refractivity contribution >= 4 is 17.8 Å². The maximum Gasteiger partial charge on any atom is 0.422 e. The summed E-state index contributed by atoms with van der Waals surface area (Å²) in [4.78, 5) is 37.4. The molecule has 0 spiro atoms. The van der Waals surface area contributed by atoms with Crippen LogP contribution < -0.4 is 10.1 Å². The Bertz CT molecular complexity index is 781. The minimum atomic E-state index is -4.64. The number of ether oxygens (including phenoxy) is 3. The summed E-state index contributed by atoms with van der Waals surface area (Å²) in [6.45, 7) is 0.157. The highest BCUT2D eigenvalue weighted by atomic mass is 19.4. The van der Waals surface area contributed by atoms with Crippen LogP contribution in [0.2, 0.25) is 0 Å². The molecule has 0 aromatic heterocycles. The third-order valence-corrected chi connectivity index (χ3v) is 5.29. The molecule has 2 rings (SSSR count). The highest BCUT2D eigenvalue weighted by molar-refractivity contribution is 5.86. The molecule has 10 heteroatoms. The van der Waals surface area contributed by atoms with Crippen molar-refractivity contribution in [2.45, 2.75) is 51.2 Å². The second-order valence-corrected chi connectivity index (χ2v) is 7.56. The molecule has 1 fully saturated rings. The summed E-state index contributed by atoms with van der Waals surface area (Å²) in [6, 6.07) is 6.01. The first-order chi connectivity index (χ1) is 15.1. The van der Waals surface area contributed by atoms with Gasteiger partial charge in [-0.25, -0.2) is 0 Å². The Labute approximate surface area is 184 Å². The molecule has 178 valence electrons. The number of halogens is 3. The molecule has 0 radical (unpaired) electrons. The maximum absolute atomic E-state index is 13.0. The number of carbonyl (C=O) groups excluding carboxylic acids is 3. The van der Waals surface area contributed by atoms with Gasteiger partial charge >= 0.3 is 18.1 Å². The Hall–Kier alpha value is -2.78. The summed E-state index contributed by atoms with van der Waals surface area (Å²) in [7, 11) is 1.51. The molecular weight excluding hydrogens is 431 g/mol. The van der Waals surface area contributed by atoms with Gasteiger partial charge in [0.25, 0.3) is 0 Å². The van der Waals surface area contributed by atoms with Gasteiger partial charge in [-0.3, -0.25) is 14.4 Å². The number of esters is 2. The summed E-state index contributed by atoms with van der Waals surface area (Å²) in [5, 5.41) is 2.78. The summed E-state index contributed by atoms with van der Waals surface area (Å²) < 4.78 is 51.8. The Morgan fingerprint density at radius 3 is 2.25 bits per heavy atom. The van der Waals surface area contributed by atoms with Gasteiger partial charge in [0, 0.05) is 0 Å². The molecule has 0 aliphatic heterocycles. The summed E-state index contributed by atoms with van der Waals surface area (Å²) in [6.07, 6.45) is -2.90. The smallest absolute Gasteiger partial charge is 0.422 e. The zero-order chi connectivity index (χ0) is 23.7. The van der Waals surface area contributed by atoms with Gasteiger partial charge in [0.05, 0.1) is 38.0 Å². The largest absolute Gasteiger partial charge is 0.497 e. The van der Waals surface area contributed by atoms with Crippen LogP contribution in [0.1, 0.15) is 50.6 Å². The zero-order valence-electron chi connectivity index (χ0n) is 18.1. The molecule has 1 amide bonds. The van der Waals surface area contributed by atoms with Crippen molar-refractivity contribution in [1.29, 1.82) is 0 Å². The lowest BCUT2D eigenvalue weighted by Crippen LogP contribution is -2.42. The number of methoxy groups -OCH3 is 1. The fraction of sp³-hybridized carbons (Fsp3) is 0.591. The van der Waals surface area contributed by atoms with Gasteiger partial charge in [-0.2, -0.15) is 13.2 Å². The molecule has 0 bridgehead atoms. The predicted octanol–water partition coefficient (Wildman–Crippen LogP) is 3.72.